The number of nitrogens with zero attached hydrogens (tertiary/aromatic N) is 2. The van der Waals surface area contributed by atoms with E-state index in [2.05, 4.69) is 15.0 Å². The second-order valence-electron chi connectivity index (χ2n) is 4.92. The number of aliphatic hydroxyl groups excluding tert-OH is 1. The lowest BCUT2D eigenvalue weighted by Crippen LogP contribution is -2.44. The zero-order chi connectivity index (χ0) is 14.8. The van der Waals surface area contributed by atoms with E-state index in [1.54, 1.807) is 6.20 Å². The first-order valence-electron chi connectivity index (χ1n) is 6.30. The van der Waals surface area contributed by atoms with Gasteiger partial charge in [0.25, 0.3) is 0 Å². The van der Waals surface area contributed by atoms with Gasteiger partial charge in [0.1, 0.15) is 5.82 Å². The quantitative estimate of drug-likeness (QED) is 0.572. The topological polar surface area (TPSA) is 105 Å². The molecule has 9 heteroatoms. The number of aliphatic hydroxyl groups is 1. The molecule has 1 fully saturated rings. The van der Waals surface area contributed by atoms with E-state index < -0.39 is 22.2 Å². The molecule has 3 N–H and O–H groups in total. The van der Waals surface area contributed by atoms with Crippen LogP contribution in [-0.4, -0.2) is 60.7 Å². The first kappa shape index (κ1) is 15.4. The van der Waals surface area contributed by atoms with Gasteiger partial charge in [-0.05, 0) is 0 Å². The van der Waals surface area contributed by atoms with Crippen molar-refractivity contribution in [3.8, 4) is 0 Å². The maximum absolute atomic E-state index is 11.0. The summed E-state index contributed by atoms with van der Waals surface area (Å²) in [5.74, 6) is 0.856. The third-order valence-corrected chi connectivity index (χ3v) is 3.96. The van der Waals surface area contributed by atoms with Gasteiger partial charge in [-0.1, -0.05) is 0 Å². The SMILES string of the molecule is Cn1ccnc1CN[C@@H]1CO[C@H](CNS(C)(=O)=O)[C@H]1O. The maximum Gasteiger partial charge on any atom is 0.208 e. The third-order valence-electron chi connectivity index (χ3n) is 3.27. The number of rotatable bonds is 6. The van der Waals surface area contributed by atoms with Crippen LogP contribution in [0.4, 0.5) is 0 Å². The molecule has 0 spiro atoms. The molecule has 3 atom stereocenters. The van der Waals surface area contributed by atoms with Crippen LogP contribution in [0.3, 0.4) is 0 Å². The van der Waals surface area contributed by atoms with Crippen LogP contribution in [0.25, 0.3) is 0 Å². The molecule has 0 aliphatic carbocycles. The van der Waals surface area contributed by atoms with Crippen LogP contribution in [0, 0.1) is 0 Å². The van der Waals surface area contributed by atoms with Gasteiger partial charge in [0.2, 0.25) is 10.0 Å². The van der Waals surface area contributed by atoms with Crippen LogP contribution in [0.15, 0.2) is 12.4 Å². The molecule has 1 aromatic heterocycles. The van der Waals surface area contributed by atoms with Gasteiger partial charge >= 0.3 is 0 Å². The Kier molecular flexibility index (Phi) is 4.76. The van der Waals surface area contributed by atoms with Gasteiger partial charge in [0.05, 0.1) is 37.7 Å². The Bertz CT molecular complexity index is 544. The zero-order valence-electron chi connectivity index (χ0n) is 11.5. The molecule has 0 bridgehead atoms. The second kappa shape index (κ2) is 6.19. The molecule has 0 aromatic carbocycles. The molecular weight excluding hydrogens is 284 g/mol. The van der Waals surface area contributed by atoms with Crippen molar-refractivity contribution in [1.29, 1.82) is 0 Å². The Balaban J connectivity index is 1.82. The van der Waals surface area contributed by atoms with Crippen LogP contribution in [0.1, 0.15) is 5.82 Å². The Morgan fingerprint density at radius 2 is 2.35 bits per heavy atom. The lowest BCUT2D eigenvalue weighted by Gasteiger charge is -2.18. The fourth-order valence-electron chi connectivity index (χ4n) is 2.07. The Morgan fingerprint density at radius 3 is 2.95 bits per heavy atom. The summed E-state index contributed by atoms with van der Waals surface area (Å²) in [6, 6.07) is -0.238. The number of imidazole rings is 1. The molecule has 1 aliphatic rings. The third kappa shape index (κ3) is 4.00. The lowest BCUT2D eigenvalue weighted by molar-refractivity contribution is 0.0443. The fourth-order valence-corrected chi connectivity index (χ4v) is 2.53. The molecule has 1 saturated heterocycles. The minimum Gasteiger partial charge on any atom is -0.389 e. The molecule has 2 rings (SSSR count). The van der Waals surface area contributed by atoms with Crippen molar-refractivity contribution in [2.24, 2.45) is 7.05 Å². The standard InChI is InChI=1S/C11H20N4O4S/c1-15-4-3-12-10(15)6-13-8-7-19-9(11(8)16)5-14-20(2,17)18/h3-4,8-9,11,13-14,16H,5-7H2,1-2H3/t8-,9-,11+/m1/s1. The highest BCUT2D eigenvalue weighted by atomic mass is 32.2. The van der Waals surface area contributed by atoms with Crippen molar-refractivity contribution < 1.29 is 18.3 Å². The predicted octanol–water partition coefficient (Wildman–Crippen LogP) is -1.81. The molecule has 0 amide bonds. The minimum atomic E-state index is -3.28. The van der Waals surface area contributed by atoms with Crippen molar-refractivity contribution in [2.75, 3.05) is 19.4 Å². The predicted molar refractivity (Wildman–Crippen MR) is 72.4 cm³/mol. The van der Waals surface area contributed by atoms with Crippen molar-refractivity contribution in [2.45, 2.75) is 24.8 Å². The molecule has 0 radical (unpaired) electrons. The van der Waals surface area contributed by atoms with E-state index in [0.29, 0.717) is 13.2 Å². The Morgan fingerprint density at radius 1 is 1.60 bits per heavy atom. The summed E-state index contributed by atoms with van der Waals surface area (Å²) < 4.78 is 31.7. The van der Waals surface area contributed by atoms with Gasteiger partial charge in [-0.3, -0.25) is 0 Å². The average Bonchev–Trinajstić information content (AvgIpc) is 2.91. The van der Waals surface area contributed by atoms with Crippen LogP contribution < -0.4 is 10.0 Å². The zero-order valence-corrected chi connectivity index (χ0v) is 12.3. The molecule has 0 unspecified atom stereocenters. The van der Waals surface area contributed by atoms with Crippen LogP contribution in [0.2, 0.25) is 0 Å². The molecule has 8 nitrogen and oxygen atoms in total. The van der Waals surface area contributed by atoms with Gasteiger partial charge in [-0.25, -0.2) is 18.1 Å². The molecular formula is C11H20N4O4S. The van der Waals surface area contributed by atoms with E-state index in [4.69, 9.17) is 4.74 Å². The molecule has 1 aromatic rings. The summed E-state index contributed by atoms with van der Waals surface area (Å²) in [5, 5.41) is 13.3. The highest BCUT2D eigenvalue weighted by Gasteiger charge is 2.35. The van der Waals surface area contributed by atoms with Crippen molar-refractivity contribution in [1.82, 2.24) is 19.6 Å². The number of aromatic nitrogens is 2. The summed E-state index contributed by atoms with van der Waals surface area (Å²) in [5.41, 5.74) is 0. The smallest absolute Gasteiger partial charge is 0.208 e. The lowest BCUT2D eigenvalue weighted by atomic mass is 10.1. The van der Waals surface area contributed by atoms with Gasteiger partial charge in [0.15, 0.2) is 0 Å². The first-order chi connectivity index (χ1) is 9.37. The summed E-state index contributed by atoms with van der Waals surface area (Å²) in [7, 11) is -1.39. The number of sulfonamides is 1. The first-order valence-corrected chi connectivity index (χ1v) is 8.20. The number of aryl methyl sites for hydroxylation is 1. The highest BCUT2D eigenvalue weighted by Crippen LogP contribution is 2.14. The molecule has 20 heavy (non-hydrogen) atoms. The molecule has 2 heterocycles. The molecule has 1 aliphatic heterocycles. The average molecular weight is 304 g/mol. The van der Waals surface area contributed by atoms with Crippen molar-refractivity contribution >= 4 is 10.0 Å². The van der Waals surface area contributed by atoms with E-state index in [0.717, 1.165) is 12.1 Å². The largest absolute Gasteiger partial charge is 0.389 e. The van der Waals surface area contributed by atoms with Crippen molar-refractivity contribution in [3.63, 3.8) is 0 Å². The highest BCUT2D eigenvalue weighted by molar-refractivity contribution is 7.88. The van der Waals surface area contributed by atoms with Crippen LogP contribution in [-0.2, 0) is 28.4 Å². The Hall–Kier alpha value is -1.00. The monoisotopic (exact) mass is 304 g/mol. The summed E-state index contributed by atoms with van der Waals surface area (Å²) in [6.45, 7) is 0.920. The van der Waals surface area contributed by atoms with E-state index >= 15 is 0 Å². The number of ether oxygens (including phenoxy) is 1. The summed E-state index contributed by atoms with van der Waals surface area (Å²) >= 11 is 0. The molecule has 0 saturated carbocycles. The van der Waals surface area contributed by atoms with E-state index in [-0.39, 0.29) is 12.6 Å². The summed E-state index contributed by atoms with van der Waals surface area (Å²) in [6.07, 6.45) is 3.33. The van der Waals surface area contributed by atoms with Gasteiger partial charge < -0.3 is 19.7 Å². The van der Waals surface area contributed by atoms with Gasteiger partial charge in [-0.2, -0.15) is 0 Å². The number of hydrogen-bond acceptors (Lipinski definition) is 6. The Labute approximate surface area is 118 Å². The minimum absolute atomic E-state index is 0.0700. The van der Waals surface area contributed by atoms with Crippen LogP contribution >= 0.6 is 0 Å². The normalized spacial score (nSPS) is 27.1. The van der Waals surface area contributed by atoms with E-state index in [9.17, 15) is 13.5 Å². The maximum atomic E-state index is 11.0. The van der Waals surface area contributed by atoms with E-state index in [1.165, 1.54) is 0 Å². The second-order valence-corrected chi connectivity index (χ2v) is 6.76. The number of hydrogen-bond donors (Lipinski definition) is 3. The van der Waals surface area contributed by atoms with Gasteiger partial charge in [0, 0.05) is 26.0 Å². The number of nitrogens with one attached hydrogen (secondary N) is 2. The van der Waals surface area contributed by atoms with E-state index in [1.807, 2.05) is 17.8 Å². The molecule has 114 valence electrons. The van der Waals surface area contributed by atoms with Gasteiger partial charge in [-0.15, -0.1) is 0 Å². The van der Waals surface area contributed by atoms with Crippen molar-refractivity contribution in [3.05, 3.63) is 18.2 Å². The fraction of sp³-hybridized carbons (Fsp3) is 0.727. The summed E-state index contributed by atoms with van der Waals surface area (Å²) in [4.78, 5) is 4.18. The van der Waals surface area contributed by atoms with Crippen LogP contribution in [0.5, 0.6) is 0 Å².